The van der Waals surface area contributed by atoms with Crippen molar-refractivity contribution in [1.29, 1.82) is 10.5 Å². The molecule has 0 aliphatic carbocycles. The summed E-state index contributed by atoms with van der Waals surface area (Å²) >= 11 is 0. The Bertz CT molecular complexity index is 508. The molecule has 0 unspecified atom stereocenters. The van der Waals surface area contributed by atoms with Crippen molar-refractivity contribution in [1.82, 2.24) is 0 Å². The molecule has 3 nitrogen and oxygen atoms in total. The predicted octanol–water partition coefficient (Wildman–Crippen LogP) is 2.13. The summed E-state index contributed by atoms with van der Waals surface area (Å²) in [5, 5.41) is 17.2. The Morgan fingerprint density at radius 3 is 2.75 bits per heavy atom. The Morgan fingerprint density at radius 1 is 1.38 bits per heavy atom. The van der Waals surface area contributed by atoms with Gasteiger partial charge in [-0.15, -0.1) is 6.42 Å². The Morgan fingerprint density at radius 2 is 2.12 bits per heavy atom. The van der Waals surface area contributed by atoms with Gasteiger partial charge in [-0.3, -0.25) is 0 Å². The number of rotatable bonds is 3. The molecule has 76 valence electrons. The van der Waals surface area contributed by atoms with Crippen LogP contribution in [-0.2, 0) is 0 Å². The third kappa shape index (κ3) is 3.22. The summed E-state index contributed by atoms with van der Waals surface area (Å²) < 4.78 is 5.21. The standard InChI is InChI=1S/C13H8N2O/c1-2-6-16-13-5-3-4-11(8-13)7-12(9-14)10-15/h1,3-5,7-8H,6H2. The van der Waals surface area contributed by atoms with Crippen LogP contribution in [0.4, 0.5) is 0 Å². The van der Waals surface area contributed by atoms with Gasteiger partial charge in [0.05, 0.1) is 0 Å². The first-order valence-corrected chi connectivity index (χ1v) is 4.48. The Kier molecular flexibility index (Phi) is 4.20. The summed E-state index contributed by atoms with van der Waals surface area (Å²) in [5.41, 5.74) is 0.779. The van der Waals surface area contributed by atoms with Gasteiger partial charge in [0, 0.05) is 0 Å². The van der Waals surface area contributed by atoms with Crippen LogP contribution in [0.1, 0.15) is 5.56 Å². The van der Waals surface area contributed by atoms with Crippen LogP contribution in [0.25, 0.3) is 6.08 Å². The number of benzene rings is 1. The molecule has 1 aromatic carbocycles. The maximum atomic E-state index is 8.60. The lowest BCUT2D eigenvalue weighted by atomic mass is 10.1. The predicted molar refractivity (Wildman–Crippen MR) is 60.0 cm³/mol. The highest BCUT2D eigenvalue weighted by molar-refractivity contribution is 5.62. The van der Waals surface area contributed by atoms with Crippen LogP contribution < -0.4 is 4.74 Å². The van der Waals surface area contributed by atoms with Crippen molar-refractivity contribution in [3.05, 3.63) is 35.4 Å². The maximum Gasteiger partial charge on any atom is 0.148 e. The van der Waals surface area contributed by atoms with Gasteiger partial charge in [-0.25, -0.2) is 0 Å². The first kappa shape index (κ1) is 11.4. The van der Waals surface area contributed by atoms with Gasteiger partial charge in [0.15, 0.2) is 0 Å². The lowest BCUT2D eigenvalue weighted by Gasteiger charge is -2.02. The molecule has 0 saturated heterocycles. The third-order valence-corrected chi connectivity index (χ3v) is 1.73. The summed E-state index contributed by atoms with van der Waals surface area (Å²) in [5.74, 6) is 2.97. The van der Waals surface area contributed by atoms with Crippen molar-refractivity contribution in [3.63, 3.8) is 0 Å². The van der Waals surface area contributed by atoms with E-state index in [2.05, 4.69) is 5.92 Å². The van der Waals surface area contributed by atoms with E-state index in [9.17, 15) is 0 Å². The molecule has 0 radical (unpaired) electrons. The number of nitrogens with zero attached hydrogens (tertiary/aromatic N) is 2. The zero-order valence-electron chi connectivity index (χ0n) is 8.47. The number of ether oxygens (including phenoxy) is 1. The molecular formula is C13H8N2O. The second-order valence-corrected chi connectivity index (χ2v) is 2.85. The van der Waals surface area contributed by atoms with E-state index in [1.54, 1.807) is 36.4 Å². The second kappa shape index (κ2) is 5.91. The van der Waals surface area contributed by atoms with E-state index < -0.39 is 0 Å². The summed E-state index contributed by atoms with van der Waals surface area (Å²) in [7, 11) is 0. The van der Waals surface area contributed by atoms with Crippen LogP contribution in [0, 0.1) is 35.0 Å². The topological polar surface area (TPSA) is 56.8 Å². The highest BCUT2D eigenvalue weighted by Crippen LogP contribution is 2.15. The van der Waals surface area contributed by atoms with E-state index in [-0.39, 0.29) is 12.2 Å². The highest BCUT2D eigenvalue weighted by atomic mass is 16.5. The van der Waals surface area contributed by atoms with Gasteiger partial charge in [-0.05, 0) is 23.8 Å². The number of hydrogen-bond acceptors (Lipinski definition) is 3. The molecule has 0 spiro atoms. The van der Waals surface area contributed by atoms with E-state index in [0.29, 0.717) is 5.75 Å². The molecule has 0 saturated carbocycles. The lowest BCUT2D eigenvalue weighted by molar-refractivity contribution is 0.370. The molecule has 0 amide bonds. The smallest absolute Gasteiger partial charge is 0.148 e. The van der Waals surface area contributed by atoms with Crippen molar-refractivity contribution in [2.75, 3.05) is 6.61 Å². The number of terminal acetylenes is 1. The molecule has 0 N–H and O–H groups in total. The minimum atomic E-state index is 0.0501. The molecular weight excluding hydrogens is 200 g/mol. The van der Waals surface area contributed by atoms with Gasteiger partial charge in [0.25, 0.3) is 0 Å². The van der Waals surface area contributed by atoms with Crippen molar-refractivity contribution in [2.45, 2.75) is 0 Å². The molecule has 1 rings (SSSR count). The molecule has 0 aliphatic heterocycles. The monoisotopic (exact) mass is 208 g/mol. The Balaban J connectivity index is 2.93. The summed E-state index contributed by atoms with van der Waals surface area (Å²) in [6, 6.07) is 10.6. The quantitative estimate of drug-likeness (QED) is 0.564. The van der Waals surface area contributed by atoms with Gasteiger partial charge in [0.1, 0.15) is 30.1 Å². The van der Waals surface area contributed by atoms with E-state index >= 15 is 0 Å². The fourth-order valence-electron chi connectivity index (χ4n) is 1.08. The number of allylic oxidation sites excluding steroid dienone is 1. The van der Waals surface area contributed by atoms with Crippen LogP contribution >= 0.6 is 0 Å². The molecule has 16 heavy (non-hydrogen) atoms. The molecule has 0 aromatic heterocycles. The molecule has 3 heteroatoms. The number of hydrogen-bond donors (Lipinski definition) is 0. The molecule has 0 fully saturated rings. The molecule has 0 atom stereocenters. The van der Waals surface area contributed by atoms with Crippen LogP contribution in [0.2, 0.25) is 0 Å². The third-order valence-electron chi connectivity index (χ3n) is 1.73. The van der Waals surface area contributed by atoms with Crippen LogP contribution in [0.5, 0.6) is 5.75 Å². The van der Waals surface area contributed by atoms with Gasteiger partial charge in [-0.2, -0.15) is 10.5 Å². The molecule has 0 aliphatic rings. The van der Waals surface area contributed by atoms with Crippen molar-refractivity contribution < 1.29 is 4.74 Å². The molecule has 0 heterocycles. The van der Waals surface area contributed by atoms with Crippen LogP contribution in [0.15, 0.2) is 29.8 Å². The SMILES string of the molecule is C#CCOc1cccc(C=C(C#N)C#N)c1. The second-order valence-electron chi connectivity index (χ2n) is 2.85. The van der Waals surface area contributed by atoms with Gasteiger partial charge in [-0.1, -0.05) is 18.1 Å². The zero-order valence-corrected chi connectivity index (χ0v) is 8.47. The summed E-state index contributed by atoms with van der Waals surface area (Å²) in [6.07, 6.45) is 6.55. The van der Waals surface area contributed by atoms with E-state index in [1.165, 1.54) is 6.08 Å². The first-order chi connectivity index (χ1) is 7.80. The van der Waals surface area contributed by atoms with Crippen molar-refractivity contribution in [3.8, 4) is 30.2 Å². The van der Waals surface area contributed by atoms with Gasteiger partial charge in [0.2, 0.25) is 0 Å². The fourth-order valence-corrected chi connectivity index (χ4v) is 1.08. The Labute approximate surface area is 94.2 Å². The average molecular weight is 208 g/mol. The first-order valence-electron chi connectivity index (χ1n) is 4.48. The minimum absolute atomic E-state index is 0.0501. The Hall–Kier alpha value is -2.70. The fraction of sp³-hybridized carbons (Fsp3) is 0.0769. The van der Waals surface area contributed by atoms with Crippen LogP contribution in [-0.4, -0.2) is 6.61 Å². The minimum Gasteiger partial charge on any atom is -0.481 e. The molecule has 0 bridgehead atoms. The van der Waals surface area contributed by atoms with Crippen LogP contribution in [0.3, 0.4) is 0 Å². The van der Waals surface area contributed by atoms with Gasteiger partial charge < -0.3 is 4.74 Å². The van der Waals surface area contributed by atoms with E-state index in [4.69, 9.17) is 21.7 Å². The average Bonchev–Trinajstić information content (AvgIpc) is 2.34. The summed E-state index contributed by atoms with van der Waals surface area (Å²) in [4.78, 5) is 0. The van der Waals surface area contributed by atoms with Crippen molar-refractivity contribution in [2.24, 2.45) is 0 Å². The highest BCUT2D eigenvalue weighted by Gasteiger charge is 1.96. The normalized spacial score (nSPS) is 8.06. The largest absolute Gasteiger partial charge is 0.481 e. The lowest BCUT2D eigenvalue weighted by Crippen LogP contribution is -1.93. The van der Waals surface area contributed by atoms with Crippen molar-refractivity contribution >= 4 is 6.08 Å². The van der Waals surface area contributed by atoms with E-state index in [0.717, 1.165) is 5.56 Å². The maximum absolute atomic E-state index is 8.60. The summed E-state index contributed by atoms with van der Waals surface area (Å²) in [6.45, 7) is 0.191. The zero-order chi connectivity index (χ0) is 11.8. The number of nitriles is 2. The van der Waals surface area contributed by atoms with Gasteiger partial charge >= 0.3 is 0 Å². The van der Waals surface area contributed by atoms with E-state index in [1.807, 2.05) is 0 Å². The molecule has 1 aromatic rings.